The fourth-order valence-electron chi connectivity index (χ4n) is 2.31. The Morgan fingerprint density at radius 2 is 1.76 bits per heavy atom. The van der Waals surface area contributed by atoms with Gasteiger partial charge in [0.2, 0.25) is 0 Å². The molecule has 1 heterocycles. The Bertz CT molecular complexity index is 774. The van der Waals surface area contributed by atoms with E-state index in [-0.39, 0.29) is 5.82 Å². The lowest BCUT2D eigenvalue weighted by atomic mass is 10.1. The summed E-state index contributed by atoms with van der Waals surface area (Å²) in [5.41, 5.74) is 2.74. The Morgan fingerprint density at radius 1 is 0.952 bits per heavy atom. The standard InChI is InChI=1S/C17H14BrFN2/c18-15-8-7-13(17-14(15)5-3-9-21-17)11-20-10-12-4-1-2-6-16(12)19/h1-9,20H,10-11H2. The molecular formula is C17H14BrFN2. The number of pyridine rings is 1. The third kappa shape index (κ3) is 3.12. The lowest BCUT2D eigenvalue weighted by Crippen LogP contribution is -2.14. The van der Waals surface area contributed by atoms with Gasteiger partial charge in [-0.15, -0.1) is 0 Å². The fourth-order valence-corrected chi connectivity index (χ4v) is 2.76. The van der Waals surface area contributed by atoms with Gasteiger partial charge < -0.3 is 5.32 Å². The highest BCUT2D eigenvalue weighted by atomic mass is 79.9. The van der Waals surface area contributed by atoms with Gasteiger partial charge in [0, 0.05) is 34.7 Å². The average molecular weight is 345 g/mol. The van der Waals surface area contributed by atoms with Crippen LogP contribution in [0, 0.1) is 5.82 Å². The van der Waals surface area contributed by atoms with Gasteiger partial charge in [-0.25, -0.2) is 4.39 Å². The van der Waals surface area contributed by atoms with Crippen molar-refractivity contribution in [1.29, 1.82) is 0 Å². The molecule has 0 aliphatic heterocycles. The molecule has 0 bridgehead atoms. The van der Waals surface area contributed by atoms with Crippen molar-refractivity contribution in [2.45, 2.75) is 13.1 Å². The lowest BCUT2D eigenvalue weighted by molar-refractivity contribution is 0.588. The molecule has 2 nitrogen and oxygen atoms in total. The van der Waals surface area contributed by atoms with E-state index in [2.05, 4.69) is 26.2 Å². The first-order valence-corrected chi connectivity index (χ1v) is 7.51. The maximum absolute atomic E-state index is 13.6. The SMILES string of the molecule is Fc1ccccc1CNCc1ccc(Br)c2cccnc12. The van der Waals surface area contributed by atoms with Gasteiger partial charge in [0.15, 0.2) is 0 Å². The molecule has 0 unspecified atom stereocenters. The van der Waals surface area contributed by atoms with Crippen LogP contribution >= 0.6 is 15.9 Å². The molecule has 0 amide bonds. The highest BCUT2D eigenvalue weighted by Crippen LogP contribution is 2.25. The summed E-state index contributed by atoms with van der Waals surface area (Å²) in [7, 11) is 0. The van der Waals surface area contributed by atoms with Gasteiger partial charge in [0.25, 0.3) is 0 Å². The van der Waals surface area contributed by atoms with Gasteiger partial charge >= 0.3 is 0 Å². The van der Waals surface area contributed by atoms with Gasteiger partial charge in [-0.3, -0.25) is 4.98 Å². The van der Waals surface area contributed by atoms with Crippen LogP contribution < -0.4 is 5.32 Å². The normalized spacial score (nSPS) is 11.0. The van der Waals surface area contributed by atoms with Gasteiger partial charge in [-0.2, -0.15) is 0 Å². The molecular weight excluding hydrogens is 331 g/mol. The summed E-state index contributed by atoms with van der Waals surface area (Å²) in [6, 6.07) is 14.8. The minimum Gasteiger partial charge on any atom is -0.308 e. The van der Waals surface area contributed by atoms with E-state index in [0.29, 0.717) is 18.7 Å². The number of hydrogen-bond acceptors (Lipinski definition) is 2. The third-order valence-electron chi connectivity index (χ3n) is 3.39. The second-order valence-electron chi connectivity index (χ2n) is 4.80. The number of nitrogens with zero attached hydrogens (tertiary/aromatic N) is 1. The number of nitrogens with one attached hydrogen (secondary N) is 1. The van der Waals surface area contributed by atoms with Crippen molar-refractivity contribution in [3.05, 3.63) is 76.1 Å². The van der Waals surface area contributed by atoms with Gasteiger partial charge in [-0.05, 0) is 23.8 Å². The third-order valence-corrected chi connectivity index (χ3v) is 4.08. The topological polar surface area (TPSA) is 24.9 Å². The predicted octanol–water partition coefficient (Wildman–Crippen LogP) is 4.43. The van der Waals surface area contributed by atoms with Crippen molar-refractivity contribution >= 4 is 26.8 Å². The highest BCUT2D eigenvalue weighted by molar-refractivity contribution is 9.10. The van der Waals surface area contributed by atoms with Crippen LogP contribution in [-0.2, 0) is 13.1 Å². The first-order valence-electron chi connectivity index (χ1n) is 6.72. The molecule has 1 aromatic heterocycles. The summed E-state index contributed by atoms with van der Waals surface area (Å²) < 4.78 is 14.6. The van der Waals surface area contributed by atoms with Crippen LogP contribution in [0.4, 0.5) is 4.39 Å². The van der Waals surface area contributed by atoms with E-state index in [1.54, 1.807) is 18.3 Å². The second kappa shape index (κ2) is 6.33. The van der Waals surface area contributed by atoms with Gasteiger partial charge in [-0.1, -0.05) is 46.3 Å². The van der Waals surface area contributed by atoms with Gasteiger partial charge in [0.05, 0.1) is 5.52 Å². The van der Waals surface area contributed by atoms with Crippen LogP contribution in [0.3, 0.4) is 0 Å². The molecule has 0 fully saturated rings. The number of benzene rings is 2. The Labute approximate surface area is 131 Å². The fraction of sp³-hybridized carbons (Fsp3) is 0.118. The second-order valence-corrected chi connectivity index (χ2v) is 5.66. The van der Waals surface area contributed by atoms with E-state index in [0.717, 1.165) is 20.9 Å². The summed E-state index contributed by atoms with van der Waals surface area (Å²) in [6.07, 6.45) is 1.79. The molecule has 3 rings (SSSR count). The van der Waals surface area contributed by atoms with Crippen molar-refractivity contribution < 1.29 is 4.39 Å². The zero-order valence-electron chi connectivity index (χ0n) is 11.3. The minimum absolute atomic E-state index is 0.177. The Hall–Kier alpha value is -1.78. The van der Waals surface area contributed by atoms with Crippen LogP contribution in [0.5, 0.6) is 0 Å². The van der Waals surface area contributed by atoms with Crippen LogP contribution in [0.25, 0.3) is 10.9 Å². The van der Waals surface area contributed by atoms with E-state index < -0.39 is 0 Å². The number of rotatable bonds is 4. The first-order chi connectivity index (χ1) is 10.3. The van der Waals surface area contributed by atoms with Crippen molar-refractivity contribution in [3.8, 4) is 0 Å². The summed E-state index contributed by atoms with van der Waals surface area (Å²) in [6.45, 7) is 1.15. The van der Waals surface area contributed by atoms with Crippen molar-refractivity contribution in [2.24, 2.45) is 0 Å². The van der Waals surface area contributed by atoms with E-state index >= 15 is 0 Å². The van der Waals surface area contributed by atoms with Crippen LogP contribution in [0.2, 0.25) is 0 Å². The summed E-state index contributed by atoms with van der Waals surface area (Å²) in [4.78, 5) is 4.44. The quantitative estimate of drug-likeness (QED) is 0.757. The van der Waals surface area contributed by atoms with E-state index in [9.17, 15) is 4.39 Å². The lowest BCUT2D eigenvalue weighted by Gasteiger charge is -2.09. The summed E-state index contributed by atoms with van der Waals surface area (Å²) >= 11 is 3.54. The van der Waals surface area contributed by atoms with Crippen LogP contribution in [0.1, 0.15) is 11.1 Å². The molecule has 0 aliphatic carbocycles. The monoisotopic (exact) mass is 344 g/mol. The number of halogens is 2. The maximum atomic E-state index is 13.6. The Kier molecular flexibility index (Phi) is 4.27. The zero-order valence-corrected chi connectivity index (χ0v) is 12.9. The molecule has 0 spiro atoms. The summed E-state index contributed by atoms with van der Waals surface area (Å²) in [5.74, 6) is -0.177. The molecule has 0 saturated heterocycles. The van der Waals surface area contributed by atoms with E-state index in [4.69, 9.17) is 0 Å². The Balaban J connectivity index is 1.77. The van der Waals surface area contributed by atoms with Gasteiger partial charge in [0.1, 0.15) is 5.82 Å². The minimum atomic E-state index is -0.177. The zero-order chi connectivity index (χ0) is 14.7. The first kappa shape index (κ1) is 14.2. The molecule has 0 radical (unpaired) electrons. The predicted molar refractivity (Wildman–Crippen MR) is 86.4 cm³/mol. The smallest absolute Gasteiger partial charge is 0.127 e. The molecule has 21 heavy (non-hydrogen) atoms. The van der Waals surface area contributed by atoms with Crippen molar-refractivity contribution in [3.63, 3.8) is 0 Å². The molecule has 2 aromatic carbocycles. The van der Waals surface area contributed by atoms with Crippen molar-refractivity contribution in [1.82, 2.24) is 10.3 Å². The molecule has 4 heteroatoms. The molecule has 1 N–H and O–H groups in total. The van der Waals surface area contributed by atoms with Crippen molar-refractivity contribution in [2.75, 3.05) is 0 Å². The molecule has 0 atom stereocenters. The molecule has 0 aliphatic rings. The van der Waals surface area contributed by atoms with E-state index in [1.807, 2.05) is 30.3 Å². The largest absolute Gasteiger partial charge is 0.308 e. The van der Waals surface area contributed by atoms with Crippen LogP contribution in [0.15, 0.2) is 59.2 Å². The Morgan fingerprint density at radius 3 is 2.62 bits per heavy atom. The number of aromatic nitrogens is 1. The molecule has 3 aromatic rings. The van der Waals surface area contributed by atoms with E-state index in [1.165, 1.54) is 6.07 Å². The number of hydrogen-bond donors (Lipinski definition) is 1. The number of fused-ring (bicyclic) bond motifs is 1. The summed E-state index contributed by atoms with van der Waals surface area (Å²) in [5, 5.41) is 4.36. The maximum Gasteiger partial charge on any atom is 0.127 e. The highest BCUT2D eigenvalue weighted by Gasteiger charge is 2.06. The molecule has 0 saturated carbocycles. The van der Waals surface area contributed by atoms with Crippen LogP contribution in [-0.4, -0.2) is 4.98 Å². The average Bonchev–Trinajstić information content (AvgIpc) is 2.52. The molecule has 106 valence electrons.